The molecular weight excluding hydrogens is 245 g/mol. The zero-order chi connectivity index (χ0) is 10.9. The Kier molecular flexibility index (Phi) is 3.05. The lowest BCUT2D eigenvalue weighted by Crippen LogP contribution is -1.97. The third kappa shape index (κ3) is 2.01. The van der Waals surface area contributed by atoms with Crippen molar-refractivity contribution in [3.63, 3.8) is 0 Å². The fourth-order valence-electron chi connectivity index (χ4n) is 1.06. The quantitative estimate of drug-likeness (QED) is 0.719. The van der Waals surface area contributed by atoms with E-state index in [1.807, 2.05) is 6.07 Å². The Balaban J connectivity index is 3.62. The van der Waals surface area contributed by atoms with Crippen LogP contribution in [0, 0.1) is 18.3 Å². The smallest absolute Gasteiger partial charge is 0.207 e. The van der Waals surface area contributed by atoms with E-state index in [1.54, 1.807) is 0 Å². The fourth-order valence-corrected chi connectivity index (χ4v) is 2.51. The Morgan fingerprint density at radius 3 is 2.43 bits per heavy atom. The second kappa shape index (κ2) is 3.77. The normalized spacial score (nSPS) is 11.0. The summed E-state index contributed by atoms with van der Waals surface area (Å²) in [5.41, 5.74) is 0.406. The minimum atomic E-state index is -3.82. The Hall–Kier alpha value is -0.760. The first-order chi connectivity index (χ1) is 6.38. The van der Waals surface area contributed by atoms with Crippen LogP contribution in [0.3, 0.4) is 0 Å². The molecule has 1 rings (SSSR count). The number of nitriles is 1. The minimum Gasteiger partial charge on any atom is -0.207 e. The summed E-state index contributed by atoms with van der Waals surface area (Å²) < 4.78 is 22.1. The molecule has 0 heterocycles. The SMILES string of the molecule is Cc1c(S(=O)(=O)Cl)ccc(Cl)c1C#N. The van der Waals surface area contributed by atoms with Gasteiger partial charge in [0, 0.05) is 10.7 Å². The molecule has 0 fully saturated rings. The molecule has 0 saturated carbocycles. The van der Waals surface area contributed by atoms with Crippen LogP contribution in [0.5, 0.6) is 0 Å². The molecule has 0 bridgehead atoms. The maximum atomic E-state index is 11.0. The van der Waals surface area contributed by atoms with Gasteiger partial charge in [-0.3, -0.25) is 0 Å². The van der Waals surface area contributed by atoms with Gasteiger partial charge in [-0.1, -0.05) is 11.6 Å². The minimum absolute atomic E-state index is 0.0832. The molecule has 0 spiro atoms. The molecule has 0 aliphatic carbocycles. The first-order valence-electron chi connectivity index (χ1n) is 3.52. The molecule has 0 unspecified atom stereocenters. The van der Waals surface area contributed by atoms with Crippen LogP contribution in [0.1, 0.15) is 11.1 Å². The summed E-state index contributed by atoms with van der Waals surface area (Å²) in [6.07, 6.45) is 0. The monoisotopic (exact) mass is 249 g/mol. The van der Waals surface area contributed by atoms with E-state index in [-0.39, 0.29) is 21.0 Å². The Labute approximate surface area is 91.3 Å². The van der Waals surface area contributed by atoms with Gasteiger partial charge in [-0.25, -0.2) is 8.42 Å². The van der Waals surface area contributed by atoms with Gasteiger partial charge in [-0.15, -0.1) is 0 Å². The van der Waals surface area contributed by atoms with E-state index in [1.165, 1.54) is 19.1 Å². The molecule has 0 aromatic heterocycles. The predicted molar refractivity (Wildman–Crippen MR) is 53.9 cm³/mol. The van der Waals surface area contributed by atoms with Gasteiger partial charge in [0.05, 0.1) is 15.5 Å². The lowest BCUT2D eigenvalue weighted by molar-refractivity contribution is 0.609. The maximum Gasteiger partial charge on any atom is 0.261 e. The Morgan fingerprint density at radius 1 is 1.43 bits per heavy atom. The van der Waals surface area contributed by atoms with E-state index in [0.29, 0.717) is 0 Å². The van der Waals surface area contributed by atoms with Gasteiger partial charge in [0.1, 0.15) is 6.07 Å². The number of benzene rings is 1. The largest absolute Gasteiger partial charge is 0.261 e. The molecule has 3 nitrogen and oxygen atoms in total. The Bertz CT molecular complexity index is 517. The molecule has 0 saturated heterocycles. The molecule has 0 aliphatic heterocycles. The molecule has 6 heteroatoms. The third-order valence-corrected chi connectivity index (χ3v) is 3.52. The van der Waals surface area contributed by atoms with Crippen LogP contribution in [0.4, 0.5) is 0 Å². The maximum absolute atomic E-state index is 11.0. The average Bonchev–Trinajstić information content (AvgIpc) is 2.02. The summed E-state index contributed by atoms with van der Waals surface area (Å²) in [6.45, 7) is 1.49. The van der Waals surface area contributed by atoms with Gasteiger partial charge in [0.25, 0.3) is 9.05 Å². The summed E-state index contributed by atoms with van der Waals surface area (Å²) in [7, 11) is 1.34. The van der Waals surface area contributed by atoms with Gasteiger partial charge >= 0.3 is 0 Å². The van der Waals surface area contributed by atoms with E-state index in [0.717, 1.165) is 0 Å². The van der Waals surface area contributed by atoms with Gasteiger partial charge < -0.3 is 0 Å². The van der Waals surface area contributed by atoms with Crippen LogP contribution in [-0.2, 0) is 9.05 Å². The number of halogens is 2. The predicted octanol–water partition coefficient (Wildman–Crippen LogP) is 2.45. The van der Waals surface area contributed by atoms with Crippen LogP contribution in [0.2, 0.25) is 5.02 Å². The van der Waals surface area contributed by atoms with Crippen molar-refractivity contribution in [3.8, 4) is 6.07 Å². The molecule has 74 valence electrons. The summed E-state index contributed by atoms with van der Waals surface area (Å²) in [4.78, 5) is -0.0832. The highest BCUT2D eigenvalue weighted by atomic mass is 35.7. The number of nitrogens with zero attached hydrogens (tertiary/aromatic N) is 1. The second-order valence-electron chi connectivity index (χ2n) is 2.60. The van der Waals surface area contributed by atoms with Crippen molar-refractivity contribution in [1.29, 1.82) is 5.26 Å². The Morgan fingerprint density at radius 2 is 2.00 bits per heavy atom. The third-order valence-electron chi connectivity index (χ3n) is 1.74. The van der Waals surface area contributed by atoms with Crippen molar-refractivity contribution in [2.75, 3.05) is 0 Å². The van der Waals surface area contributed by atoms with Crippen LogP contribution >= 0.6 is 22.3 Å². The van der Waals surface area contributed by atoms with Crippen molar-refractivity contribution >= 4 is 31.3 Å². The molecular formula is C8H5Cl2NO2S. The van der Waals surface area contributed by atoms with Crippen molar-refractivity contribution in [3.05, 3.63) is 28.3 Å². The summed E-state index contributed by atoms with van der Waals surface area (Å²) >= 11 is 5.69. The highest BCUT2D eigenvalue weighted by molar-refractivity contribution is 8.13. The molecule has 1 aromatic carbocycles. The highest BCUT2D eigenvalue weighted by Crippen LogP contribution is 2.27. The molecule has 0 N–H and O–H groups in total. The number of hydrogen-bond donors (Lipinski definition) is 0. The molecule has 0 atom stereocenters. The van der Waals surface area contributed by atoms with E-state index in [4.69, 9.17) is 27.5 Å². The van der Waals surface area contributed by atoms with E-state index in [9.17, 15) is 8.42 Å². The van der Waals surface area contributed by atoms with Crippen LogP contribution in [0.15, 0.2) is 17.0 Å². The molecule has 0 aliphatic rings. The van der Waals surface area contributed by atoms with Gasteiger partial charge in [-0.05, 0) is 24.6 Å². The van der Waals surface area contributed by atoms with Crippen LogP contribution in [-0.4, -0.2) is 8.42 Å². The zero-order valence-corrected chi connectivity index (χ0v) is 9.41. The van der Waals surface area contributed by atoms with Crippen molar-refractivity contribution in [2.45, 2.75) is 11.8 Å². The average molecular weight is 250 g/mol. The fraction of sp³-hybridized carbons (Fsp3) is 0.125. The molecule has 0 radical (unpaired) electrons. The topological polar surface area (TPSA) is 57.9 Å². The van der Waals surface area contributed by atoms with Crippen molar-refractivity contribution in [1.82, 2.24) is 0 Å². The lowest BCUT2D eigenvalue weighted by Gasteiger charge is -2.04. The number of hydrogen-bond acceptors (Lipinski definition) is 3. The van der Waals surface area contributed by atoms with Gasteiger partial charge in [0.2, 0.25) is 0 Å². The molecule has 0 amide bonds. The summed E-state index contributed by atoms with van der Waals surface area (Å²) in [5, 5.41) is 8.93. The first-order valence-corrected chi connectivity index (χ1v) is 6.20. The summed E-state index contributed by atoms with van der Waals surface area (Å²) in [5.74, 6) is 0. The van der Waals surface area contributed by atoms with E-state index >= 15 is 0 Å². The molecule has 1 aromatic rings. The lowest BCUT2D eigenvalue weighted by atomic mass is 10.1. The molecule has 14 heavy (non-hydrogen) atoms. The van der Waals surface area contributed by atoms with Crippen molar-refractivity contribution in [2.24, 2.45) is 0 Å². The van der Waals surface area contributed by atoms with Crippen molar-refractivity contribution < 1.29 is 8.42 Å². The van der Waals surface area contributed by atoms with Gasteiger partial charge in [-0.2, -0.15) is 5.26 Å². The first kappa shape index (κ1) is 11.3. The standard InChI is InChI=1S/C8H5Cl2NO2S/c1-5-6(4-11)7(9)2-3-8(5)14(10,12)13/h2-3H,1H3. The van der Waals surface area contributed by atoms with E-state index in [2.05, 4.69) is 0 Å². The number of rotatable bonds is 1. The second-order valence-corrected chi connectivity index (χ2v) is 5.54. The van der Waals surface area contributed by atoms with Crippen LogP contribution in [0.25, 0.3) is 0 Å². The summed E-state index contributed by atoms with van der Waals surface area (Å²) in [6, 6.07) is 4.44. The van der Waals surface area contributed by atoms with E-state index < -0.39 is 9.05 Å². The zero-order valence-electron chi connectivity index (χ0n) is 7.08. The van der Waals surface area contributed by atoms with Crippen LogP contribution < -0.4 is 0 Å². The highest BCUT2D eigenvalue weighted by Gasteiger charge is 2.17. The van der Waals surface area contributed by atoms with Gasteiger partial charge in [0.15, 0.2) is 0 Å².